The third-order valence-corrected chi connectivity index (χ3v) is 3.06. The number of carboxylic acid groups (broad SMARTS) is 1. The second kappa shape index (κ2) is 8.89. The van der Waals surface area contributed by atoms with Gasteiger partial charge in [0.15, 0.2) is 6.61 Å². The van der Waals surface area contributed by atoms with E-state index in [2.05, 4.69) is 10.9 Å². The molecule has 1 aromatic rings. The van der Waals surface area contributed by atoms with Gasteiger partial charge in [-0.05, 0) is 37.1 Å². The first-order valence-electron chi connectivity index (χ1n) is 6.57. The summed E-state index contributed by atoms with van der Waals surface area (Å²) in [5.41, 5.74) is 5.19. The Hall–Kier alpha value is -2.28. The number of hydrogen-bond acceptors (Lipinski definition) is 4. The molecule has 120 valence electrons. The van der Waals surface area contributed by atoms with Gasteiger partial charge in [-0.2, -0.15) is 0 Å². The van der Waals surface area contributed by atoms with E-state index in [4.69, 9.17) is 21.4 Å². The van der Waals surface area contributed by atoms with Gasteiger partial charge in [-0.1, -0.05) is 11.6 Å². The molecule has 7 nitrogen and oxygen atoms in total. The summed E-state index contributed by atoms with van der Waals surface area (Å²) in [6, 6.07) is 4.99. The summed E-state index contributed by atoms with van der Waals surface area (Å²) in [7, 11) is 0. The summed E-state index contributed by atoms with van der Waals surface area (Å²) >= 11 is 5.87. The normalized spacial score (nSPS) is 9.91. The van der Waals surface area contributed by atoms with Crippen molar-refractivity contribution in [3.05, 3.63) is 28.8 Å². The van der Waals surface area contributed by atoms with E-state index in [-0.39, 0.29) is 25.9 Å². The first-order valence-corrected chi connectivity index (χ1v) is 6.94. The smallest absolute Gasteiger partial charge is 0.303 e. The summed E-state index contributed by atoms with van der Waals surface area (Å²) < 4.78 is 5.25. The number of aryl methyl sites for hydroxylation is 1. The van der Waals surface area contributed by atoms with Crippen LogP contribution < -0.4 is 15.6 Å². The molecule has 0 aliphatic heterocycles. The van der Waals surface area contributed by atoms with Crippen LogP contribution in [0.4, 0.5) is 0 Å². The van der Waals surface area contributed by atoms with Crippen molar-refractivity contribution in [3.8, 4) is 5.75 Å². The molecule has 0 fully saturated rings. The van der Waals surface area contributed by atoms with E-state index in [9.17, 15) is 14.4 Å². The van der Waals surface area contributed by atoms with Gasteiger partial charge in [0.25, 0.3) is 5.91 Å². The van der Waals surface area contributed by atoms with E-state index in [1.807, 2.05) is 6.92 Å². The maximum atomic E-state index is 11.5. The standard InChI is InChI=1S/C14H17ClN2O5/c1-9-7-10(5-6-11(9)15)22-8-13(19)17-16-12(18)3-2-4-14(20)21/h5-7H,2-4,8H2,1H3,(H,16,18)(H,17,19)(H,20,21). The molecule has 3 N–H and O–H groups in total. The lowest BCUT2D eigenvalue weighted by Crippen LogP contribution is -2.43. The van der Waals surface area contributed by atoms with Gasteiger partial charge in [0.2, 0.25) is 5.91 Å². The largest absolute Gasteiger partial charge is 0.484 e. The number of halogens is 1. The molecule has 0 radical (unpaired) electrons. The average Bonchev–Trinajstić information content (AvgIpc) is 2.46. The van der Waals surface area contributed by atoms with Crippen LogP contribution in [0, 0.1) is 6.92 Å². The van der Waals surface area contributed by atoms with E-state index < -0.39 is 17.8 Å². The van der Waals surface area contributed by atoms with Crippen molar-refractivity contribution < 1.29 is 24.2 Å². The van der Waals surface area contributed by atoms with Gasteiger partial charge in [0.05, 0.1) is 0 Å². The number of carboxylic acids is 1. The van der Waals surface area contributed by atoms with Crippen molar-refractivity contribution in [2.24, 2.45) is 0 Å². The predicted molar refractivity (Wildman–Crippen MR) is 79.5 cm³/mol. The number of rotatable bonds is 7. The van der Waals surface area contributed by atoms with Crippen LogP contribution >= 0.6 is 11.6 Å². The van der Waals surface area contributed by atoms with Gasteiger partial charge in [0, 0.05) is 17.9 Å². The lowest BCUT2D eigenvalue weighted by Gasteiger charge is -2.09. The third-order valence-electron chi connectivity index (χ3n) is 2.64. The molecule has 1 rings (SSSR count). The number of hydrogen-bond donors (Lipinski definition) is 3. The number of nitrogens with one attached hydrogen (secondary N) is 2. The number of ether oxygens (including phenoxy) is 1. The highest BCUT2D eigenvalue weighted by atomic mass is 35.5. The topological polar surface area (TPSA) is 105 Å². The monoisotopic (exact) mass is 328 g/mol. The summed E-state index contributed by atoms with van der Waals surface area (Å²) in [6.45, 7) is 1.54. The van der Waals surface area contributed by atoms with E-state index in [1.54, 1.807) is 18.2 Å². The van der Waals surface area contributed by atoms with Gasteiger partial charge < -0.3 is 9.84 Å². The Kier molecular flexibility index (Phi) is 7.18. The van der Waals surface area contributed by atoms with Crippen LogP contribution in [0.25, 0.3) is 0 Å². The van der Waals surface area contributed by atoms with E-state index in [1.165, 1.54) is 0 Å². The average molecular weight is 329 g/mol. The van der Waals surface area contributed by atoms with Crippen LogP contribution in [0.1, 0.15) is 24.8 Å². The van der Waals surface area contributed by atoms with Crippen LogP contribution in [0.3, 0.4) is 0 Å². The van der Waals surface area contributed by atoms with Crippen LogP contribution in [0.2, 0.25) is 5.02 Å². The Labute approximate surface area is 132 Å². The highest BCUT2D eigenvalue weighted by molar-refractivity contribution is 6.31. The van der Waals surface area contributed by atoms with E-state index >= 15 is 0 Å². The molecule has 0 unspecified atom stereocenters. The first kappa shape index (κ1) is 17.8. The van der Waals surface area contributed by atoms with Crippen LogP contribution in [-0.4, -0.2) is 29.5 Å². The molecule has 0 aliphatic rings. The van der Waals surface area contributed by atoms with Gasteiger partial charge in [0.1, 0.15) is 5.75 Å². The van der Waals surface area contributed by atoms with Crippen molar-refractivity contribution in [2.45, 2.75) is 26.2 Å². The van der Waals surface area contributed by atoms with Crippen molar-refractivity contribution in [3.63, 3.8) is 0 Å². The van der Waals surface area contributed by atoms with Crippen LogP contribution in [0.15, 0.2) is 18.2 Å². The van der Waals surface area contributed by atoms with E-state index in [0.717, 1.165) is 5.56 Å². The van der Waals surface area contributed by atoms with Gasteiger partial charge in [-0.25, -0.2) is 0 Å². The van der Waals surface area contributed by atoms with Crippen molar-refractivity contribution in [1.82, 2.24) is 10.9 Å². The summed E-state index contributed by atoms with van der Waals surface area (Å²) in [5, 5.41) is 9.04. The van der Waals surface area contributed by atoms with Gasteiger partial charge in [-0.3, -0.25) is 25.2 Å². The zero-order valence-electron chi connectivity index (χ0n) is 12.0. The Bertz CT molecular complexity index is 562. The van der Waals surface area contributed by atoms with Crippen molar-refractivity contribution >= 4 is 29.4 Å². The molecule has 22 heavy (non-hydrogen) atoms. The van der Waals surface area contributed by atoms with Gasteiger partial charge in [-0.15, -0.1) is 0 Å². The minimum atomic E-state index is -0.969. The number of benzene rings is 1. The maximum Gasteiger partial charge on any atom is 0.303 e. The summed E-state index contributed by atoms with van der Waals surface area (Å²) in [5.74, 6) is -1.47. The highest BCUT2D eigenvalue weighted by Crippen LogP contribution is 2.20. The molecule has 0 heterocycles. The second-order valence-electron chi connectivity index (χ2n) is 4.54. The quantitative estimate of drug-likeness (QED) is 0.657. The van der Waals surface area contributed by atoms with Crippen LogP contribution in [-0.2, 0) is 14.4 Å². The first-order chi connectivity index (χ1) is 10.4. The molecular formula is C14H17ClN2O5. The Morgan fingerprint density at radius 2 is 1.86 bits per heavy atom. The fraction of sp³-hybridized carbons (Fsp3) is 0.357. The number of aliphatic carboxylic acids is 1. The van der Waals surface area contributed by atoms with Crippen LogP contribution in [0.5, 0.6) is 5.75 Å². The highest BCUT2D eigenvalue weighted by Gasteiger charge is 2.07. The maximum absolute atomic E-state index is 11.5. The Balaban J connectivity index is 2.24. The molecule has 0 saturated heterocycles. The lowest BCUT2D eigenvalue weighted by molar-refractivity contribution is -0.137. The third kappa shape index (κ3) is 6.94. The molecule has 1 aromatic carbocycles. The molecule has 0 atom stereocenters. The summed E-state index contributed by atoms with van der Waals surface area (Å²) in [4.78, 5) is 33.1. The van der Waals surface area contributed by atoms with Gasteiger partial charge >= 0.3 is 5.97 Å². The number of amides is 2. The SMILES string of the molecule is Cc1cc(OCC(=O)NNC(=O)CCCC(=O)O)ccc1Cl. The molecule has 2 amide bonds. The zero-order valence-corrected chi connectivity index (χ0v) is 12.8. The zero-order chi connectivity index (χ0) is 16.5. The second-order valence-corrected chi connectivity index (χ2v) is 4.95. The summed E-state index contributed by atoms with van der Waals surface area (Å²) in [6.07, 6.45) is 0.127. The lowest BCUT2D eigenvalue weighted by atomic mass is 10.2. The fourth-order valence-electron chi connectivity index (χ4n) is 1.49. The molecule has 0 bridgehead atoms. The Morgan fingerprint density at radius 1 is 1.18 bits per heavy atom. The molecule has 0 aliphatic carbocycles. The molecule has 0 aromatic heterocycles. The number of carbonyl (C=O) groups excluding carboxylic acids is 2. The molecule has 0 saturated carbocycles. The van der Waals surface area contributed by atoms with Crippen molar-refractivity contribution in [1.29, 1.82) is 0 Å². The van der Waals surface area contributed by atoms with E-state index in [0.29, 0.717) is 10.8 Å². The fourth-order valence-corrected chi connectivity index (χ4v) is 1.61. The molecular weight excluding hydrogens is 312 g/mol. The minimum absolute atomic E-state index is 0.0177. The molecule has 8 heteroatoms. The molecule has 0 spiro atoms. The Morgan fingerprint density at radius 3 is 2.50 bits per heavy atom. The number of carbonyl (C=O) groups is 3. The minimum Gasteiger partial charge on any atom is -0.484 e. The van der Waals surface area contributed by atoms with Crippen molar-refractivity contribution in [2.75, 3.05) is 6.61 Å². The number of hydrazine groups is 1. The predicted octanol–water partition coefficient (Wildman–Crippen LogP) is 1.43.